The monoisotopic (exact) mass is 584 g/mol. The van der Waals surface area contributed by atoms with Crippen LogP contribution in [0.2, 0.25) is 0 Å². The molecule has 4 heteroatoms. The lowest BCUT2D eigenvalue weighted by Crippen LogP contribution is -2.51. The number of halogens is 1. The van der Waals surface area contributed by atoms with Gasteiger partial charge in [0, 0.05) is 10.9 Å². The highest BCUT2D eigenvalue weighted by Gasteiger charge is 2.59. The number of allylic oxidation sites excluding steroid dienone is 1. The van der Waals surface area contributed by atoms with Crippen molar-refractivity contribution in [2.45, 2.75) is 111 Å². The molecule has 1 aromatic rings. The molecular formula is C34H49BrO3. The van der Waals surface area contributed by atoms with Crippen LogP contribution in [0.3, 0.4) is 0 Å². The van der Waals surface area contributed by atoms with Crippen LogP contribution in [-0.2, 0) is 4.74 Å². The second-order valence-electron chi connectivity index (χ2n) is 14.1. The predicted molar refractivity (Wildman–Crippen MR) is 158 cm³/mol. The van der Waals surface area contributed by atoms with Crippen LogP contribution in [0.5, 0.6) is 5.75 Å². The summed E-state index contributed by atoms with van der Waals surface area (Å²) in [6.45, 7) is 12.5. The highest BCUT2D eigenvalue weighted by Crippen LogP contribution is 2.67. The molecule has 4 aliphatic rings. The van der Waals surface area contributed by atoms with Gasteiger partial charge in [-0.15, -0.1) is 0 Å². The quantitative estimate of drug-likeness (QED) is 0.181. The molecule has 0 unspecified atom stereocenters. The molecule has 3 saturated carbocycles. The van der Waals surface area contributed by atoms with Gasteiger partial charge in [-0.05, 0) is 116 Å². The number of hydrogen-bond acceptors (Lipinski definition) is 3. The van der Waals surface area contributed by atoms with Gasteiger partial charge in [-0.3, -0.25) is 0 Å². The van der Waals surface area contributed by atoms with Crippen molar-refractivity contribution in [3.05, 3.63) is 40.4 Å². The molecule has 5 rings (SSSR count). The van der Waals surface area contributed by atoms with Crippen LogP contribution >= 0.6 is 15.9 Å². The minimum atomic E-state index is -0.580. The molecule has 4 aliphatic carbocycles. The van der Waals surface area contributed by atoms with Crippen LogP contribution in [-0.4, -0.2) is 12.3 Å². The smallest absolute Gasteiger partial charge is 0.430 e. The normalized spacial score (nSPS) is 37.0. The first kappa shape index (κ1) is 28.2. The van der Waals surface area contributed by atoms with E-state index in [-0.39, 0.29) is 11.5 Å². The van der Waals surface area contributed by atoms with Crippen molar-refractivity contribution in [3.8, 4) is 5.75 Å². The van der Waals surface area contributed by atoms with Crippen molar-refractivity contribution in [1.29, 1.82) is 0 Å². The fourth-order valence-corrected chi connectivity index (χ4v) is 9.78. The number of carbonyl (C=O) groups excluding carboxylic acids is 1. The van der Waals surface area contributed by atoms with Crippen molar-refractivity contribution < 1.29 is 14.3 Å². The largest absolute Gasteiger partial charge is 0.514 e. The highest BCUT2D eigenvalue weighted by molar-refractivity contribution is 9.10. The summed E-state index contributed by atoms with van der Waals surface area (Å²) in [5, 5.41) is 0. The summed E-state index contributed by atoms with van der Waals surface area (Å²) in [4.78, 5) is 12.5. The summed E-state index contributed by atoms with van der Waals surface area (Å²) in [6.07, 6.45) is 15.9. The zero-order chi connectivity index (χ0) is 27.1. The third-order valence-corrected chi connectivity index (χ3v) is 12.1. The lowest BCUT2D eigenvalue weighted by atomic mass is 9.47. The maximum absolute atomic E-state index is 12.5. The molecule has 0 aliphatic heterocycles. The van der Waals surface area contributed by atoms with E-state index in [0.717, 1.165) is 59.2 Å². The molecule has 0 radical (unpaired) electrons. The molecule has 0 N–H and O–H groups in total. The molecule has 38 heavy (non-hydrogen) atoms. The number of fused-ring (bicyclic) bond motifs is 5. The Morgan fingerprint density at radius 3 is 2.50 bits per heavy atom. The van der Waals surface area contributed by atoms with Gasteiger partial charge in [0.1, 0.15) is 11.9 Å². The Kier molecular flexibility index (Phi) is 8.40. The number of rotatable bonds is 7. The third-order valence-electron chi connectivity index (χ3n) is 11.5. The number of carbonyl (C=O) groups is 1. The Morgan fingerprint density at radius 2 is 1.76 bits per heavy atom. The average molecular weight is 586 g/mol. The standard InChI is InChI=1S/C34H49BrO3/c1-22(2)7-6-8-23(3)29-15-16-30-28-14-9-24-21-27(38-32(36)37-26-12-10-25(35)11-13-26)17-19-33(24,4)31(28)18-20-34(29,30)5/h9-13,22-23,27-31H,6-8,14-21H2,1-5H3/t23-,27+,28+,29-,30-,31-,33+,34-/m1/s1. The van der Waals surface area contributed by atoms with E-state index in [9.17, 15) is 4.79 Å². The summed E-state index contributed by atoms with van der Waals surface area (Å²) in [6, 6.07) is 7.30. The van der Waals surface area contributed by atoms with Crippen LogP contribution in [0.15, 0.2) is 40.4 Å². The fourth-order valence-electron chi connectivity index (χ4n) is 9.51. The minimum Gasteiger partial charge on any atom is -0.430 e. The zero-order valence-electron chi connectivity index (χ0n) is 24.3. The number of hydrogen-bond donors (Lipinski definition) is 0. The second-order valence-corrected chi connectivity index (χ2v) is 15.0. The average Bonchev–Trinajstić information content (AvgIpc) is 3.23. The Morgan fingerprint density at radius 1 is 1.00 bits per heavy atom. The van der Waals surface area contributed by atoms with Gasteiger partial charge in [-0.1, -0.05) is 81.5 Å². The van der Waals surface area contributed by atoms with Gasteiger partial charge in [0.2, 0.25) is 0 Å². The van der Waals surface area contributed by atoms with E-state index in [1.54, 1.807) is 17.7 Å². The Labute approximate surface area is 239 Å². The van der Waals surface area contributed by atoms with Crippen LogP contribution in [0, 0.1) is 46.3 Å². The molecule has 0 saturated heterocycles. The van der Waals surface area contributed by atoms with Gasteiger partial charge < -0.3 is 9.47 Å². The van der Waals surface area contributed by atoms with E-state index in [1.165, 1.54) is 51.4 Å². The SMILES string of the molecule is CC(C)CCC[C@@H](C)[C@H]1CC[C@@H]2[C@@H]3CC=C4C[C@@H](OC(=O)Oc5ccc(Br)cc5)CC[C@]4(C)[C@@H]3CC[C@@]21C. The summed E-state index contributed by atoms with van der Waals surface area (Å²) in [5.41, 5.74) is 2.34. The van der Waals surface area contributed by atoms with Crippen LogP contribution < -0.4 is 4.74 Å². The molecule has 3 fully saturated rings. The molecular weight excluding hydrogens is 536 g/mol. The lowest BCUT2D eigenvalue weighted by molar-refractivity contribution is -0.0597. The fraction of sp³-hybridized carbons (Fsp3) is 0.735. The Bertz CT molecular complexity index is 1020. The van der Waals surface area contributed by atoms with E-state index >= 15 is 0 Å². The van der Waals surface area contributed by atoms with Gasteiger partial charge in [0.15, 0.2) is 0 Å². The topological polar surface area (TPSA) is 35.5 Å². The molecule has 0 spiro atoms. The Balaban J connectivity index is 1.21. The van der Waals surface area contributed by atoms with E-state index in [4.69, 9.17) is 9.47 Å². The molecule has 210 valence electrons. The van der Waals surface area contributed by atoms with E-state index in [2.05, 4.69) is 56.6 Å². The van der Waals surface area contributed by atoms with Gasteiger partial charge >= 0.3 is 6.16 Å². The summed E-state index contributed by atoms with van der Waals surface area (Å²) in [7, 11) is 0. The molecule has 3 nitrogen and oxygen atoms in total. The first-order valence-corrected chi connectivity index (χ1v) is 16.2. The molecule has 0 amide bonds. The predicted octanol–water partition coefficient (Wildman–Crippen LogP) is 10.4. The van der Waals surface area contributed by atoms with Gasteiger partial charge in [-0.25, -0.2) is 4.79 Å². The molecule has 0 aromatic heterocycles. The second kappa shape index (κ2) is 11.3. The first-order valence-electron chi connectivity index (χ1n) is 15.4. The zero-order valence-corrected chi connectivity index (χ0v) is 25.9. The lowest BCUT2D eigenvalue weighted by Gasteiger charge is -2.58. The molecule has 0 heterocycles. The number of ether oxygens (including phenoxy) is 2. The van der Waals surface area contributed by atoms with Crippen molar-refractivity contribution >= 4 is 22.1 Å². The highest BCUT2D eigenvalue weighted by atomic mass is 79.9. The van der Waals surface area contributed by atoms with Crippen molar-refractivity contribution in [1.82, 2.24) is 0 Å². The van der Waals surface area contributed by atoms with Gasteiger partial charge in [-0.2, -0.15) is 0 Å². The third kappa shape index (κ3) is 5.50. The van der Waals surface area contributed by atoms with Crippen molar-refractivity contribution in [3.63, 3.8) is 0 Å². The van der Waals surface area contributed by atoms with E-state index in [1.807, 2.05) is 12.1 Å². The molecule has 1 aromatic carbocycles. The molecule has 0 bridgehead atoms. The van der Waals surface area contributed by atoms with Gasteiger partial charge in [0.25, 0.3) is 0 Å². The summed E-state index contributed by atoms with van der Waals surface area (Å²) in [5.74, 6) is 5.60. The maximum atomic E-state index is 12.5. The molecule has 8 atom stereocenters. The van der Waals surface area contributed by atoms with E-state index < -0.39 is 6.16 Å². The Hall–Kier alpha value is -1.29. The van der Waals surface area contributed by atoms with Crippen molar-refractivity contribution in [2.24, 2.45) is 46.3 Å². The van der Waals surface area contributed by atoms with E-state index in [0.29, 0.717) is 11.2 Å². The van der Waals surface area contributed by atoms with Crippen LogP contribution in [0.4, 0.5) is 4.79 Å². The van der Waals surface area contributed by atoms with Crippen molar-refractivity contribution in [2.75, 3.05) is 0 Å². The van der Waals surface area contributed by atoms with Crippen LogP contribution in [0.25, 0.3) is 0 Å². The van der Waals surface area contributed by atoms with Crippen LogP contribution in [0.1, 0.15) is 105 Å². The summed E-state index contributed by atoms with van der Waals surface area (Å²) < 4.78 is 12.2. The minimum absolute atomic E-state index is 0.0785. The summed E-state index contributed by atoms with van der Waals surface area (Å²) >= 11 is 3.42. The first-order chi connectivity index (χ1) is 18.1. The van der Waals surface area contributed by atoms with Gasteiger partial charge in [0.05, 0.1) is 0 Å². The number of benzene rings is 1. The maximum Gasteiger partial charge on any atom is 0.514 e.